The van der Waals surface area contributed by atoms with Crippen LogP contribution in [-0.2, 0) is 26.4 Å². The maximum atomic E-state index is 13.2. The first kappa shape index (κ1) is 21.2. The third kappa shape index (κ3) is 4.72. The van der Waals surface area contributed by atoms with Crippen molar-refractivity contribution >= 4 is 31.5 Å². The van der Waals surface area contributed by atoms with Crippen molar-refractivity contribution in [2.45, 2.75) is 16.3 Å². The minimum Gasteiger partial charge on any atom is -0.296 e. The molecule has 0 radical (unpaired) electrons. The van der Waals surface area contributed by atoms with Crippen molar-refractivity contribution < 1.29 is 21.2 Å². The molecule has 0 atom stereocenters. The summed E-state index contributed by atoms with van der Waals surface area (Å²) in [5.41, 5.74) is 0.778. The monoisotopic (exact) mass is 446 g/mol. The second kappa shape index (κ2) is 8.08. The van der Waals surface area contributed by atoms with Crippen molar-refractivity contribution in [3.63, 3.8) is 0 Å². The number of nitrogens with zero attached hydrogens (tertiary/aromatic N) is 2. The van der Waals surface area contributed by atoms with Crippen LogP contribution in [0.1, 0.15) is 5.56 Å². The van der Waals surface area contributed by atoms with Crippen molar-refractivity contribution in [1.82, 2.24) is 9.21 Å². The van der Waals surface area contributed by atoms with E-state index in [1.165, 1.54) is 40.7 Å². The molecule has 10 heteroatoms. The minimum atomic E-state index is -3.79. The first-order chi connectivity index (χ1) is 13.1. The van der Waals surface area contributed by atoms with Gasteiger partial charge in [-0.2, -0.15) is 4.31 Å². The van der Waals surface area contributed by atoms with Gasteiger partial charge in [0.1, 0.15) is 5.82 Å². The van der Waals surface area contributed by atoms with E-state index in [9.17, 15) is 21.2 Å². The van der Waals surface area contributed by atoms with Crippen molar-refractivity contribution in [3.8, 4) is 0 Å². The van der Waals surface area contributed by atoms with Crippen molar-refractivity contribution in [2.24, 2.45) is 0 Å². The number of piperazine rings is 1. The molecular weight excluding hydrogens is 427 g/mol. The lowest BCUT2D eigenvalue weighted by Gasteiger charge is -2.34. The summed E-state index contributed by atoms with van der Waals surface area (Å²) < 4.78 is 63.7. The van der Waals surface area contributed by atoms with Gasteiger partial charge in [-0.1, -0.05) is 23.7 Å². The number of sulfonamides is 1. The predicted octanol–water partition coefficient (Wildman–Crippen LogP) is 2.39. The molecule has 1 saturated heterocycles. The highest BCUT2D eigenvalue weighted by Gasteiger charge is 2.29. The first-order valence-corrected chi connectivity index (χ1v) is 12.2. The molecule has 0 N–H and O–H groups in total. The number of rotatable bonds is 5. The maximum absolute atomic E-state index is 13.2. The fraction of sp³-hybridized carbons (Fsp3) is 0.333. The summed E-state index contributed by atoms with van der Waals surface area (Å²) in [5, 5.41) is 0.340. The van der Waals surface area contributed by atoms with Gasteiger partial charge in [0.2, 0.25) is 10.0 Å². The molecule has 1 aliphatic rings. The molecule has 0 aliphatic carbocycles. The fourth-order valence-corrected chi connectivity index (χ4v) is 5.47. The molecule has 28 heavy (non-hydrogen) atoms. The summed E-state index contributed by atoms with van der Waals surface area (Å²) in [5.74, 6) is -0.402. The van der Waals surface area contributed by atoms with E-state index in [0.717, 1.165) is 11.8 Å². The summed E-state index contributed by atoms with van der Waals surface area (Å²) in [7, 11) is -7.29. The van der Waals surface area contributed by atoms with Crippen molar-refractivity contribution in [1.29, 1.82) is 0 Å². The molecule has 152 valence electrons. The first-order valence-electron chi connectivity index (χ1n) is 8.54. The van der Waals surface area contributed by atoms with E-state index in [-0.39, 0.29) is 22.9 Å². The highest BCUT2D eigenvalue weighted by atomic mass is 35.5. The standard InChI is InChI=1S/C18H20ClFN2O4S2/c1-27(23,24)16-3-2-4-17(12-16)28(25,26)22-9-7-21(8-10-22)13-14-5-6-15(20)11-18(14)19/h2-6,11-12H,7-10,13H2,1H3. The van der Waals surface area contributed by atoms with E-state index < -0.39 is 25.7 Å². The van der Waals surface area contributed by atoms with Gasteiger partial charge in [-0.25, -0.2) is 21.2 Å². The Morgan fingerprint density at radius 3 is 2.21 bits per heavy atom. The van der Waals surface area contributed by atoms with Crippen LogP contribution in [0.3, 0.4) is 0 Å². The van der Waals surface area contributed by atoms with E-state index in [1.807, 2.05) is 4.90 Å². The molecule has 0 unspecified atom stereocenters. The van der Waals surface area contributed by atoms with Crippen LogP contribution >= 0.6 is 11.6 Å². The lowest BCUT2D eigenvalue weighted by molar-refractivity contribution is 0.181. The average molecular weight is 447 g/mol. The Bertz CT molecular complexity index is 1080. The van der Waals surface area contributed by atoms with Gasteiger partial charge in [-0.3, -0.25) is 4.90 Å². The molecule has 0 saturated carbocycles. The van der Waals surface area contributed by atoms with Crippen LogP contribution in [0, 0.1) is 5.82 Å². The van der Waals surface area contributed by atoms with Gasteiger partial charge in [0.05, 0.1) is 9.79 Å². The maximum Gasteiger partial charge on any atom is 0.243 e. The molecule has 0 bridgehead atoms. The van der Waals surface area contributed by atoms with Gasteiger partial charge in [0, 0.05) is 44.0 Å². The van der Waals surface area contributed by atoms with Crippen LogP contribution in [0.25, 0.3) is 0 Å². The Labute approximate surface area is 169 Å². The van der Waals surface area contributed by atoms with Gasteiger partial charge in [0.15, 0.2) is 9.84 Å². The quantitative estimate of drug-likeness (QED) is 0.705. The van der Waals surface area contributed by atoms with Gasteiger partial charge < -0.3 is 0 Å². The summed E-state index contributed by atoms with van der Waals surface area (Å²) >= 11 is 6.06. The van der Waals surface area contributed by atoms with E-state index >= 15 is 0 Å². The van der Waals surface area contributed by atoms with Crippen LogP contribution in [0.15, 0.2) is 52.3 Å². The summed E-state index contributed by atoms with van der Waals surface area (Å²) in [4.78, 5) is 1.97. The van der Waals surface area contributed by atoms with E-state index in [1.54, 1.807) is 6.07 Å². The van der Waals surface area contributed by atoms with Crippen molar-refractivity contribution in [2.75, 3.05) is 32.4 Å². The van der Waals surface area contributed by atoms with Crippen LogP contribution < -0.4 is 0 Å². The summed E-state index contributed by atoms with van der Waals surface area (Å²) in [6.07, 6.45) is 1.04. The number of hydrogen-bond donors (Lipinski definition) is 0. The molecular formula is C18H20ClFN2O4S2. The second-order valence-electron chi connectivity index (χ2n) is 6.66. The fourth-order valence-electron chi connectivity index (χ4n) is 3.03. The zero-order valence-electron chi connectivity index (χ0n) is 15.2. The predicted molar refractivity (Wildman–Crippen MR) is 105 cm³/mol. The Morgan fingerprint density at radius 2 is 1.61 bits per heavy atom. The molecule has 1 fully saturated rings. The highest BCUT2D eigenvalue weighted by molar-refractivity contribution is 7.91. The Kier molecular flexibility index (Phi) is 6.11. The largest absolute Gasteiger partial charge is 0.296 e. The molecule has 0 aromatic heterocycles. The molecule has 1 heterocycles. The molecule has 0 spiro atoms. The minimum absolute atomic E-state index is 0.0295. The lowest BCUT2D eigenvalue weighted by Crippen LogP contribution is -2.48. The number of hydrogen-bond acceptors (Lipinski definition) is 5. The molecule has 0 amide bonds. The van der Waals surface area contributed by atoms with Gasteiger partial charge >= 0.3 is 0 Å². The zero-order valence-corrected chi connectivity index (χ0v) is 17.6. The van der Waals surface area contributed by atoms with Crippen LogP contribution in [0.2, 0.25) is 5.02 Å². The van der Waals surface area contributed by atoms with Gasteiger partial charge in [-0.05, 0) is 35.9 Å². The van der Waals surface area contributed by atoms with Gasteiger partial charge in [0.25, 0.3) is 0 Å². The second-order valence-corrected chi connectivity index (χ2v) is 11.0. The molecule has 2 aromatic rings. The van der Waals surface area contributed by atoms with E-state index in [4.69, 9.17) is 11.6 Å². The highest BCUT2D eigenvalue weighted by Crippen LogP contribution is 2.23. The molecule has 3 rings (SSSR count). The van der Waals surface area contributed by atoms with Gasteiger partial charge in [-0.15, -0.1) is 0 Å². The van der Waals surface area contributed by atoms with Crippen LogP contribution in [-0.4, -0.2) is 58.5 Å². The van der Waals surface area contributed by atoms with Crippen LogP contribution in [0.5, 0.6) is 0 Å². The SMILES string of the molecule is CS(=O)(=O)c1cccc(S(=O)(=O)N2CCN(Cc3ccc(F)cc3Cl)CC2)c1. The smallest absolute Gasteiger partial charge is 0.243 e. The third-order valence-corrected chi connectivity index (χ3v) is 7.97. The van der Waals surface area contributed by atoms with Crippen molar-refractivity contribution in [3.05, 3.63) is 58.9 Å². The molecule has 1 aliphatic heterocycles. The summed E-state index contributed by atoms with van der Waals surface area (Å²) in [6.45, 7) is 2.00. The Balaban J connectivity index is 1.70. The molecule has 2 aromatic carbocycles. The zero-order chi connectivity index (χ0) is 20.5. The number of halogens is 2. The lowest BCUT2D eigenvalue weighted by atomic mass is 10.2. The topological polar surface area (TPSA) is 74.8 Å². The van der Waals surface area contributed by atoms with Crippen LogP contribution in [0.4, 0.5) is 4.39 Å². The third-order valence-electron chi connectivity index (χ3n) is 4.61. The number of benzene rings is 2. The van der Waals surface area contributed by atoms with E-state index in [2.05, 4.69) is 0 Å². The summed E-state index contributed by atoms with van der Waals surface area (Å²) in [6, 6.07) is 9.61. The Morgan fingerprint density at radius 1 is 0.964 bits per heavy atom. The Hall–Kier alpha value is -1.52. The molecule has 6 nitrogen and oxygen atoms in total. The van der Waals surface area contributed by atoms with E-state index in [0.29, 0.717) is 24.7 Å². The normalized spacial score (nSPS) is 17.0. The number of sulfone groups is 1. The average Bonchev–Trinajstić information content (AvgIpc) is 2.64.